The fraction of sp³-hybridized carbons (Fsp3) is 0.133. The third-order valence-electron chi connectivity index (χ3n) is 3.29. The molecule has 5 nitrogen and oxygen atoms in total. The number of carbonyl (C=O) groups is 1. The summed E-state index contributed by atoms with van der Waals surface area (Å²) in [5.74, 6) is -0.496. The van der Waals surface area contributed by atoms with E-state index in [-0.39, 0.29) is 5.56 Å². The van der Waals surface area contributed by atoms with E-state index in [0.29, 0.717) is 22.2 Å². The van der Waals surface area contributed by atoms with Gasteiger partial charge in [-0.25, -0.2) is 4.79 Å². The third-order valence-corrected chi connectivity index (χ3v) is 3.29. The van der Waals surface area contributed by atoms with Crippen LogP contribution in [0.2, 0.25) is 0 Å². The largest absolute Gasteiger partial charge is 0.465 e. The number of esters is 1. The van der Waals surface area contributed by atoms with E-state index in [1.165, 1.54) is 13.2 Å². The zero-order chi connectivity index (χ0) is 14.3. The predicted molar refractivity (Wildman–Crippen MR) is 75.9 cm³/mol. The summed E-state index contributed by atoms with van der Waals surface area (Å²) in [5, 5.41) is 1.23. The number of aromatic amines is 1. The quantitative estimate of drug-likeness (QED) is 0.542. The molecule has 0 aliphatic rings. The predicted octanol–water partition coefficient (Wildman–Crippen LogP) is 2.17. The Kier molecular flexibility index (Phi) is 2.75. The Bertz CT molecular complexity index is 897. The Hall–Kier alpha value is -2.69. The summed E-state index contributed by atoms with van der Waals surface area (Å²) in [6.07, 6.45) is 0. The normalized spacial score (nSPS) is 10.9. The Morgan fingerprint density at radius 1 is 1.25 bits per heavy atom. The highest BCUT2D eigenvalue weighted by Gasteiger charge is 2.15. The maximum atomic E-state index is 12.1. The maximum Gasteiger partial charge on any atom is 0.339 e. The SMILES string of the molecule is COC(=O)c1cc2c(=O)[nH]c3ccccc3c2nc1C. The van der Waals surface area contributed by atoms with Gasteiger partial charge in [0.2, 0.25) is 0 Å². The Labute approximate surface area is 114 Å². The number of fused-ring (bicyclic) bond motifs is 3. The molecule has 0 atom stereocenters. The van der Waals surface area contributed by atoms with Crippen molar-refractivity contribution in [2.75, 3.05) is 7.11 Å². The van der Waals surface area contributed by atoms with Crippen LogP contribution in [0.25, 0.3) is 21.8 Å². The van der Waals surface area contributed by atoms with Crippen molar-refractivity contribution >= 4 is 27.8 Å². The Morgan fingerprint density at radius 2 is 2.00 bits per heavy atom. The summed E-state index contributed by atoms with van der Waals surface area (Å²) >= 11 is 0. The number of nitrogens with one attached hydrogen (secondary N) is 1. The molecule has 0 unspecified atom stereocenters. The Balaban J connectivity index is 2.48. The minimum atomic E-state index is -0.496. The van der Waals surface area contributed by atoms with E-state index in [0.717, 1.165) is 10.9 Å². The van der Waals surface area contributed by atoms with Crippen molar-refractivity contribution < 1.29 is 9.53 Å². The first kappa shape index (κ1) is 12.3. The summed E-state index contributed by atoms with van der Waals surface area (Å²) in [7, 11) is 1.30. The molecule has 5 heteroatoms. The molecule has 0 fully saturated rings. The van der Waals surface area contributed by atoms with Gasteiger partial charge in [0.15, 0.2) is 0 Å². The Morgan fingerprint density at radius 3 is 2.75 bits per heavy atom. The van der Waals surface area contributed by atoms with Gasteiger partial charge in [-0.15, -0.1) is 0 Å². The first-order valence-corrected chi connectivity index (χ1v) is 6.12. The second kappa shape index (κ2) is 4.45. The van der Waals surface area contributed by atoms with E-state index >= 15 is 0 Å². The maximum absolute atomic E-state index is 12.1. The molecule has 100 valence electrons. The van der Waals surface area contributed by atoms with Gasteiger partial charge in [0.05, 0.1) is 34.8 Å². The van der Waals surface area contributed by atoms with E-state index in [2.05, 4.69) is 9.97 Å². The number of nitrogens with zero attached hydrogens (tertiary/aromatic N) is 1. The minimum absolute atomic E-state index is 0.267. The van der Waals surface area contributed by atoms with Crippen LogP contribution in [0.1, 0.15) is 16.1 Å². The first-order chi connectivity index (χ1) is 9.61. The van der Waals surface area contributed by atoms with Crippen LogP contribution in [0.3, 0.4) is 0 Å². The molecule has 3 aromatic rings. The first-order valence-electron chi connectivity index (χ1n) is 6.12. The van der Waals surface area contributed by atoms with Crippen molar-refractivity contribution in [1.29, 1.82) is 0 Å². The number of rotatable bonds is 1. The fourth-order valence-corrected chi connectivity index (χ4v) is 2.29. The highest BCUT2D eigenvalue weighted by molar-refractivity contribution is 6.05. The number of hydrogen-bond donors (Lipinski definition) is 1. The summed E-state index contributed by atoms with van der Waals surface area (Å²) in [5.41, 5.74) is 1.90. The van der Waals surface area contributed by atoms with Crippen LogP contribution in [-0.4, -0.2) is 23.0 Å². The summed E-state index contributed by atoms with van der Waals surface area (Å²) in [6.45, 7) is 1.72. The van der Waals surface area contributed by atoms with Crippen LogP contribution in [0.4, 0.5) is 0 Å². The monoisotopic (exact) mass is 268 g/mol. The number of para-hydroxylation sites is 1. The second-order valence-electron chi connectivity index (χ2n) is 4.51. The van der Waals surface area contributed by atoms with Gasteiger partial charge in [-0.1, -0.05) is 18.2 Å². The van der Waals surface area contributed by atoms with Gasteiger partial charge in [-0.2, -0.15) is 0 Å². The average molecular weight is 268 g/mol. The molecule has 0 amide bonds. The molecule has 1 N–H and O–H groups in total. The molecule has 1 aromatic carbocycles. The summed E-state index contributed by atoms with van der Waals surface area (Å²) < 4.78 is 4.70. The lowest BCUT2D eigenvalue weighted by Crippen LogP contribution is -2.11. The molecule has 0 aliphatic heterocycles. The van der Waals surface area contributed by atoms with Crippen LogP contribution < -0.4 is 5.56 Å². The number of pyridine rings is 2. The number of methoxy groups -OCH3 is 1. The van der Waals surface area contributed by atoms with Gasteiger partial charge in [0.25, 0.3) is 5.56 Å². The molecule has 0 aliphatic carbocycles. The van der Waals surface area contributed by atoms with Crippen LogP contribution in [0, 0.1) is 6.92 Å². The van der Waals surface area contributed by atoms with Crippen LogP contribution in [0.5, 0.6) is 0 Å². The molecular weight excluding hydrogens is 256 g/mol. The van der Waals surface area contributed by atoms with E-state index in [1.807, 2.05) is 24.3 Å². The number of aryl methyl sites for hydroxylation is 1. The lowest BCUT2D eigenvalue weighted by Gasteiger charge is -2.07. The molecule has 3 rings (SSSR count). The molecule has 0 saturated heterocycles. The van der Waals surface area contributed by atoms with Gasteiger partial charge < -0.3 is 9.72 Å². The van der Waals surface area contributed by atoms with Crippen LogP contribution in [0.15, 0.2) is 35.1 Å². The van der Waals surface area contributed by atoms with Gasteiger partial charge in [0.1, 0.15) is 0 Å². The molecule has 2 heterocycles. The van der Waals surface area contributed by atoms with Crippen molar-refractivity contribution in [3.63, 3.8) is 0 Å². The van der Waals surface area contributed by atoms with E-state index in [9.17, 15) is 9.59 Å². The number of aromatic nitrogens is 2. The number of benzene rings is 1. The molecule has 0 bridgehead atoms. The highest BCUT2D eigenvalue weighted by Crippen LogP contribution is 2.21. The van der Waals surface area contributed by atoms with Gasteiger partial charge in [-0.3, -0.25) is 9.78 Å². The van der Waals surface area contributed by atoms with Crippen LogP contribution in [-0.2, 0) is 4.74 Å². The van der Waals surface area contributed by atoms with E-state index in [4.69, 9.17) is 4.74 Å². The van der Waals surface area contributed by atoms with Crippen molar-refractivity contribution in [2.45, 2.75) is 6.92 Å². The molecule has 2 aromatic heterocycles. The molecule has 20 heavy (non-hydrogen) atoms. The lowest BCUT2D eigenvalue weighted by molar-refractivity contribution is 0.0599. The molecular formula is C15H12N2O3. The van der Waals surface area contributed by atoms with Crippen molar-refractivity contribution in [1.82, 2.24) is 9.97 Å². The number of ether oxygens (including phenoxy) is 1. The van der Waals surface area contributed by atoms with Crippen molar-refractivity contribution in [2.24, 2.45) is 0 Å². The van der Waals surface area contributed by atoms with Gasteiger partial charge in [-0.05, 0) is 19.1 Å². The smallest absolute Gasteiger partial charge is 0.339 e. The highest BCUT2D eigenvalue weighted by atomic mass is 16.5. The number of carbonyl (C=O) groups excluding carboxylic acids is 1. The molecule has 0 radical (unpaired) electrons. The topological polar surface area (TPSA) is 72.1 Å². The van der Waals surface area contributed by atoms with E-state index < -0.39 is 5.97 Å². The lowest BCUT2D eigenvalue weighted by atomic mass is 10.1. The number of H-pyrrole nitrogens is 1. The summed E-state index contributed by atoms with van der Waals surface area (Å²) in [6, 6.07) is 8.97. The average Bonchev–Trinajstić information content (AvgIpc) is 2.46. The second-order valence-corrected chi connectivity index (χ2v) is 4.51. The van der Waals surface area contributed by atoms with Gasteiger partial charge >= 0.3 is 5.97 Å². The molecule has 0 spiro atoms. The fourth-order valence-electron chi connectivity index (χ4n) is 2.29. The van der Waals surface area contributed by atoms with Gasteiger partial charge in [0, 0.05) is 5.39 Å². The number of hydrogen-bond acceptors (Lipinski definition) is 4. The van der Waals surface area contributed by atoms with Crippen molar-refractivity contribution in [3.8, 4) is 0 Å². The zero-order valence-electron chi connectivity index (χ0n) is 11.1. The van der Waals surface area contributed by atoms with Crippen LogP contribution >= 0.6 is 0 Å². The zero-order valence-corrected chi connectivity index (χ0v) is 11.1. The minimum Gasteiger partial charge on any atom is -0.465 e. The molecule has 0 saturated carbocycles. The van der Waals surface area contributed by atoms with E-state index in [1.54, 1.807) is 6.92 Å². The standard InChI is InChI=1S/C15H12N2O3/c1-8-10(15(19)20-2)7-11-13(16-8)9-5-3-4-6-12(9)17-14(11)18/h3-7H,1-2H3,(H,17,18). The summed E-state index contributed by atoms with van der Waals surface area (Å²) in [4.78, 5) is 31.0. The third kappa shape index (κ3) is 1.75. The van der Waals surface area contributed by atoms with Crippen molar-refractivity contribution in [3.05, 3.63) is 51.9 Å².